The zero-order chi connectivity index (χ0) is 40.1. The lowest BCUT2D eigenvalue weighted by molar-refractivity contribution is -0.139. The van der Waals surface area contributed by atoms with E-state index in [-0.39, 0.29) is 73.4 Å². The zero-order valence-corrected chi connectivity index (χ0v) is 32.8. The molecule has 57 heavy (non-hydrogen) atoms. The van der Waals surface area contributed by atoms with Crippen LogP contribution in [0.4, 0.5) is 13.2 Å². The molecule has 0 N–H and O–H groups in total. The van der Waals surface area contributed by atoms with Gasteiger partial charge < -0.3 is 29.1 Å². The molecule has 4 aliphatic heterocycles. The Balaban J connectivity index is 1.14. The van der Waals surface area contributed by atoms with E-state index in [1.807, 2.05) is 17.8 Å². The van der Waals surface area contributed by atoms with Crippen LogP contribution in [0.3, 0.4) is 0 Å². The van der Waals surface area contributed by atoms with E-state index < -0.39 is 29.8 Å². The van der Waals surface area contributed by atoms with Crippen molar-refractivity contribution in [1.29, 1.82) is 0 Å². The molecule has 0 aliphatic carbocycles. The van der Waals surface area contributed by atoms with Crippen LogP contribution in [0.25, 0.3) is 11.3 Å². The molecule has 0 saturated carbocycles. The lowest BCUT2D eigenvalue weighted by Gasteiger charge is -2.40. The fourth-order valence-electron chi connectivity index (χ4n) is 8.63. The highest BCUT2D eigenvalue weighted by atomic mass is 19.4. The van der Waals surface area contributed by atoms with Gasteiger partial charge in [0.15, 0.2) is 0 Å². The highest BCUT2D eigenvalue weighted by Crippen LogP contribution is 2.36. The second-order valence-electron chi connectivity index (χ2n) is 15.9. The number of rotatable bonds is 10. The molecule has 4 aliphatic rings. The summed E-state index contributed by atoms with van der Waals surface area (Å²) in [4.78, 5) is 54.0. The Morgan fingerprint density at radius 2 is 1.82 bits per heavy atom. The van der Waals surface area contributed by atoms with Crippen molar-refractivity contribution in [2.75, 3.05) is 59.5 Å². The number of ether oxygens (including phenoxy) is 2. The molecule has 308 valence electrons. The fraction of sp³-hybridized carbons (Fsp3) is 0.610. The molecule has 3 amide bonds. The monoisotopic (exact) mass is 794 g/mol. The first-order valence-electron chi connectivity index (χ1n) is 20.3. The Labute approximate surface area is 331 Å². The predicted octanol–water partition coefficient (Wildman–Crippen LogP) is 5.15. The van der Waals surface area contributed by atoms with Crippen LogP contribution in [0, 0.1) is 11.8 Å². The molecule has 2 aromatic heterocycles. The number of carbonyl (C=O) groups is 3. The van der Waals surface area contributed by atoms with E-state index in [2.05, 4.69) is 20.2 Å². The van der Waals surface area contributed by atoms with Gasteiger partial charge in [-0.05, 0) is 75.2 Å². The minimum Gasteiger partial charge on any atom is -0.478 e. The van der Waals surface area contributed by atoms with Gasteiger partial charge >= 0.3 is 6.18 Å². The minimum absolute atomic E-state index is 0.00655. The van der Waals surface area contributed by atoms with E-state index in [9.17, 15) is 27.6 Å². The number of likely N-dealkylation sites (tertiary alicyclic amines) is 1. The average molecular weight is 795 g/mol. The Hall–Kier alpha value is -4.57. The van der Waals surface area contributed by atoms with Crippen molar-refractivity contribution in [3.63, 3.8) is 0 Å². The number of halogens is 3. The molecule has 7 rings (SSSR count). The number of aromatic nitrogens is 4. The van der Waals surface area contributed by atoms with E-state index >= 15 is 0 Å². The third kappa shape index (κ3) is 9.94. The van der Waals surface area contributed by atoms with E-state index in [1.165, 1.54) is 30.2 Å². The highest BCUT2D eigenvalue weighted by Gasteiger charge is 2.44. The Bertz CT molecular complexity index is 1880. The lowest BCUT2D eigenvalue weighted by atomic mass is 9.80. The number of alkyl halides is 3. The van der Waals surface area contributed by atoms with Crippen molar-refractivity contribution in [2.24, 2.45) is 11.8 Å². The quantitative estimate of drug-likeness (QED) is 0.274. The molecular formula is C41H53F3N8O5. The lowest BCUT2D eigenvalue weighted by Crippen LogP contribution is -2.52. The standard InChI is InChI=1S/C41H53F3N8O5/c1-3-12-48(2)38(53)20-28-10-15-50-24-31(28)11-18-56-37-22-32(41(42,43)44)21-35(45-37)29-8-7-9-30(19-29)39(54)52-26-34(23-36(52)40(50)55)57-27-33-25-51(47-46-33)17-16-49-13-5-4-6-14-49/h7-9,19,21-22,25,28,31,34,36H,3-6,10-18,20,23-24,26-27H2,1-2H3/t28-,31-,34+,36-/m0/s1. The molecular weight excluding hydrogens is 741 g/mol. The summed E-state index contributed by atoms with van der Waals surface area (Å²) in [6.07, 6.45) is 2.75. The van der Waals surface area contributed by atoms with Crippen LogP contribution in [0.15, 0.2) is 42.6 Å². The maximum Gasteiger partial charge on any atom is 0.416 e. The Kier molecular flexibility index (Phi) is 12.8. The fourth-order valence-corrected chi connectivity index (χ4v) is 8.63. The van der Waals surface area contributed by atoms with Crippen molar-refractivity contribution >= 4 is 17.7 Å². The van der Waals surface area contributed by atoms with Crippen LogP contribution in [0.5, 0.6) is 5.88 Å². The van der Waals surface area contributed by atoms with Crippen molar-refractivity contribution < 1.29 is 37.0 Å². The molecule has 13 nitrogen and oxygen atoms in total. The summed E-state index contributed by atoms with van der Waals surface area (Å²) in [7, 11) is 1.78. The summed E-state index contributed by atoms with van der Waals surface area (Å²) in [5, 5.41) is 8.60. The van der Waals surface area contributed by atoms with Gasteiger partial charge in [0.05, 0.1) is 43.3 Å². The molecule has 6 bridgehead atoms. The van der Waals surface area contributed by atoms with Crippen LogP contribution in [0.2, 0.25) is 0 Å². The number of hydrogen-bond donors (Lipinski definition) is 0. The van der Waals surface area contributed by atoms with Gasteiger partial charge in [-0.1, -0.05) is 30.7 Å². The highest BCUT2D eigenvalue weighted by molar-refractivity contribution is 5.99. The molecule has 0 radical (unpaired) electrons. The minimum atomic E-state index is -4.66. The van der Waals surface area contributed by atoms with Crippen molar-refractivity contribution in [3.8, 4) is 17.1 Å². The summed E-state index contributed by atoms with van der Waals surface area (Å²) in [5.41, 5.74) is 0.255. The van der Waals surface area contributed by atoms with Crippen LogP contribution in [-0.2, 0) is 33.7 Å². The van der Waals surface area contributed by atoms with E-state index in [1.54, 1.807) is 35.0 Å². The van der Waals surface area contributed by atoms with Crippen molar-refractivity contribution in [1.82, 2.24) is 39.6 Å². The van der Waals surface area contributed by atoms with E-state index in [4.69, 9.17) is 9.47 Å². The molecule has 0 spiro atoms. The number of pyridine rings is 1. The second kappa shape index (κ2) is 17.9. The molecule has 6 heterocycles. The average Bonchev–Trinajstić information content (AvgIpc) is 3.86. The summed E-state index contributed by atoms with van der Waals surface area (Å²) in [6.45, 7) is 7.51. The number of hydrogen-bond acceptors (Lipinski definition) is 9. The molecule has 0 unspecified atom stereocenters. The van der Waals surface area contributed by atoms with Crippen LogP contribution in [-0.4, -0.2) is 129 Å². The van der Waals surface area contributed by atoms with E-state index in [0.717, 1.165) is 44.7 Å². The molecule has 3 fully saturated rings. The van der Waals surface area contributed by atoms with Crippen molar-refractivity contribution in [2.45, 2.75) is 89.8 Å². The summed E-state index contributed by atoms with van der Waals surface area (Å²) in [5.74, 6) is -1.06. The summed E-state index contributed by atoms with van der Waals surface area (Å²) >= 11 is 0. The number of amides is 3. The van der Waals surface area contributed by atoms with Crippen molar-refractivity contribution in [3.05, 3.63) is 59.4 Å². The third-order valence-corrected chi connectivity index (χ3v) is 11.9. The topological polar surface area (TPSA) is 126 Å². The molecule has 4 atom stereocenters. The van der Waals surface area contributed by atoms with Crippen LogP contribution < -0.4 is 4.74 Å². The van der Waals surface area contributed by atoms with Crippen LogP contribution in [0.1, 0.15) is 79.9 Å². The largest absolute Gasteiger partial charge is 0.478 e. The maximum atomic E-state index is 14.5. The molecule has 3 saturated heterocycles. The molecule has 16 heteroatoms. The van der Waals surface area contributed by atoms with Gasteiger partial charge in [0.1, 0.15) is 11.7 Å². The number of carbonyl (C=O) groups excluding carboxylic acids is 3. The van der Waals surface area contributed by atoms with Gasteiger partial charge in [0, 0.05) is 69.8 Å². The maximum absolute atomic E-state index is 14.5. The normalized spacial score (nSPS) is 23.3. The predicted molar refractivity (Wildman–Crippen MR) is 204 cm³/mol. The Morgan fingerprint density at radius 3 is 2.61 bits per heavy atom. The van der Waals surface area contributed by atoms with Crippen LogP contribution >= 0.6 is 0 Å². The number of piperidine rings is 2. The van der Waals surface area contributed by atoms with E-state index in [0.29, 0.717) is 43.7 Å². The van der Waals surface area contributed by atoms with Gasteiger partial charge in [0.25, 0.3) is 5.91 Å². The van der Waals surface area contributed by atoms with Gasteiger partial charge in [-0.25, -0.2) is 4.98 Å². The number of benzene rings is 1. The first-order valence-corrected chi connectivity index (χ1v) is 20.3. The van der Waals surface area contributed by atoms with Gasteiger partial charge in [-0.3, -0.25) is 19.1 Å². The zero-order valence-electron chi connectivity index (χ0n) is 32.8. The number of nitrogens with zero attached hydrogens (tertiary/aromatic N) is 8. The van der Waals surface area contributed by atoms with Gasteiger partial charge in [0.2, 0.25) is 17.7 Å². The molecule has 1 aromatic carbocycles. The first kappa shape index (κ1) is 40.6. The SMILES string of the molecule is CCCN(C)C(=O)C[C@@H]1CCN2C[C@@H]1CCOc1cc(C(F)(F)F)cc(n1)-c1cccc(c1)C(=O)N1C[C@H](OCc3cn(CCN4CCCCC4)nn3)C[C@H]1C2=O. The smallest absolute Gasteiger partial charge is 0.416 e. The second-order valence-corrected chi connectivity index (χ2v) is 15.9. The van der Waals surface area contributed by atoms with Gasteiger partial charge in [-0.15, -0.1) is 5.10 Å². The third-order valence-electron chi connectivity index (χ3n) is 11.9. The first-order chi connectivity index (χ1) is 27.4. The summed E-state index contributed by atoms with van der Waals surface area (Å²) in [6, 6.07) is 7.28. The Morgan fingerprint density at radius 1 is 1.02 bits per heavy atom. The van der Waals surface area contributed by atoms with Gasteiger partial charge in [-0.2, -0.15) is 13.2 Å². The summed E-state index contributed by atoms with van der Waals surface area (Å²) < 4.78 is 56.5. The number of fused-ring (bicyclic) bond motifs is 8. The molecule has 3 aromatic rings.